The number of nitrogens with zero attached hydrogens (tertiary/aromatic N) is 6. The fourth-order valence-corrected chi connectivity index (χ4v) is 5.30. The molecule has 0 saturated carbocycles. The number of rotatable bonds is 12. The fraction of sp³-hybridized carbons (Fsp3) is 0.235. The molecule has 0 saturated heterocycles. The maximum Gasteiger partial charge on any atom is 0.150 e. The quantitative estimate of drug-likeness (QED) is 0.189. The molecule has 4 aromatic heterocycles. The zero-order chi connectivity index (χ0) is 29.6. The highest BCUT2D eigenvalue weighted by atomic mass is 16.5. The summed E-state index contributed by atoms with van der Waals surface area (Å²) in [5, 5.41) is 5.52. The maximum absolute atomic E-state index is 6.18. The van der Waals surface area contributed by atoms with E-state index in [-0.39, 0.29) is 0 Å². The number of anilines is 2. The first-order chi connectivity index (χ1) is 21.0. The van der Waals surface area contributed by atoms with E-state index in [0.29, 0.717) is 12.4 Å². The Bertz CT molecular complexity index is 1840. The number of aryl methyl sites for hydroxylation is 2. The van der Waals surface area contributed by atoms with Gasteiger partial charge in [0.2, 0.25) is 0 Å². The third kappa shape index (κ3) is 6.73. The van der Waals surface area contributed by atoms with E-state index in [4.69, 9.17) is 15.5 Å². The van der Waals surface area contributed by atoms with Crippen LogP contribution in [0.4, 0.5) is 11.5 Å². The molecule has 3 N–H and O–H groups in total. The largest absolute Gasteiger partial charge is 0.489 e. The highest BCUT2D eigenvalue weighted by molar-refractivity contribution is 5.92. The van der Waals surface area contributed by atoms with Crippen LogP contribution < -0.4 is 15.8 Å². The number of ether oxygens (including phenoxy) is 1. The number of hydrogen-bond acceptors (Lipinski definition) is 8. The molecule has 0 fully saturated rings. The minimum absolute atomic E-state index is 0.371. The topological polar surface area (TPSA) is 107 Å². The van der Waals surface area contributed by atoms with Gasteiger partial charge in [-0.25, -0.2) is 9.97 Å². The molecule has 0 aliphatic carbocycles. The van der Waals surface area contributed by atoms with Crippen LogP contribution in [0.15, 0.2) is 91.6 Å². The van der Waals surface area contributed by atoms with Gasteiger partial charge in [-0.2, -0.15) is 0 Å². The standard InChI is InChI=1S/C34H36N8O/c1-24-17-31(37-13-16-41(2)14-6-9-25-7-4-3-5-8-25)29-11-10-28(19-32(29)40-24)43-22-26-18-27(21-36-20-26)42-15-12-30-33(35)38-23-39-34(30)42/h3-5,7-8,10-12,15,17-21,23H,6,9,13-14,16,22H2,1-2H3,(H,37,40)(H2,35,38,39). The highest BCUT2D eigenvalue weighted by Crippen LogP contribution is 2.28. The van der Waals surface area contributed by atoms with Gasteiger partial charge in [0.25, 0.3) is 0 Å². The third-order valence-corrected chi connectivity index (χ3v) is 7.54. The van der Waals surface area contributed by atoms with Crippen molar-refractivity contribution < 1.29 is 4.74 Å². The monoisotopic (exact) mass is 572 g/mol. The summed E-state index contributed by atoms with van der Waals surface area (Å²) < 4.78 is 8.13. The molecule has 0 unspecified atom stereocenters. The van der Waals surface area contributed by atoms with Crippen LogP contribution in [0, 0.1) is 6.92 Å². The minimum Gasteiger partial charge on any atom is -0.489 e. The second kappa shape index (κ2) is 12.9. The number of likely N-dealkylation sites (N-methyl/N-ethyl adjacent to an activating group) is 1. The number of pyridine rings is 2. The summed E-state index contributed by atoms with van der Waals surface area (Å²) in [7, 11) is 2.18. The van der Waals surface area contributed by atoms with Crippen LogP contribution in [0.1, 0.15) is 23.2 Å². The molecule has 6 rings (SSSR count). The Morgan fingerprint density at radius 1 is 0.930 bits per heavy atom. The van der Waals surface area contributed by atoms with Gasteiger partial charge in [0.05, 0.1) is 22.8 Å². The average molecular weight is 573 g/mol. The normalized spacial score (nSPS) is 11.4. The molecule has 0 aliphatic rings. The zero-order valence-corrected chi connectivity index (χ0v) is 24.6. The lowest BCUT2D eigenvalue weighted by Crippen LogP contribution is -2.26. The highest BCUT2D eigenvalue weighted by Gasteiger charge is 2.10. The Hall–Kier alpha value is -5.02. The lowest BCUT2D eigenvalue weighted by Gasteiger charge is -2.18. The lowest BCUT2D eigenvalue weighted by molar-refractivity contribution is 0.306. The van der Waals surface area contributed by atoms with Crippen LogP contribution in [-0.4, -0.2) is 56.1 Å². The smallest absolute Gasteiger partial charge is 0.150 e. The predicted octanol–water partition coefficient (Wildman–Crippen LogP) is 5.81. The molecule has 4 heterocycles. The van der Waals surface area contributed by atoms with Crippen LogP contribution in [0.5, 0.6) is 5.75 Å². The third-order valence-electron chi connectivity index (χ3n) is 7.54. The van der Waals surface area contributed by atoms with E-state index in [1.54, 1.807) is 6.20 Å². The van der Waals surface area contributed by atoms with Gasteiger partial charge in [-0.15, -0.1) is 0 Å². The number of benzene rings is 2. The second-order valence-electron chi connectivity index (χ2n) is 10.8. The van der Waals surface area contributed by atoms with E-state index < -0.39 is 0 Å². The molecular weight excluding hydrogens is 536 g/mol. The molecular formula is C34H36N8O. The summed E-state index contributed by atoms with van der Waals surface area (Å²) >= 11 is 0. The Balaban J connectivity index is 1.07. The van der Waals surface area contributed by atoms with Crippen LogP contribution in [-0.2, 0) is 13.0 Å². The van der Waals surface area contributed by atoms with Gasteiger partial charge in [-0.1, -0.05) is 30.3 Å². The second-order valence-corrected chi connectivity index (χ2v) is 10.8. The molecule has 0 radical (unpaired) electrons. The Morgan fingerprint density at radius 3 is 2.70 bits per heavy atom. The van der Waals surface area contributed by atoms with E-state index in [2.05, 4.69) is 74.7 Å². The van der Waals surface area contributed by atoms with Gasteiger partial charge in [-0.3, -0.25) is 14.5 Å². The molecule has 0 amide bonds. The average Bonchev–Trinajstić information content (AvgIpc) is 3.46. The van der Waals surface area contributed by atoms with Crippen LogP contribution in [0.3, 0.4) is 0 Å². The summed E-state index contributed by atoms with van der Waals surface area (Å²) in [5.74, 6) is 1.21. The molecule has 0 aliphatic heterocycles. The van der Waals surface area contributed by atoms with Gasteiger partial charge < -0.3 is 20.7 Å². The van der Waals surface area contributed by atoms with E-state index in [1.165, 1.54) is 11.9 Å². The molecule has 218 valence electrons. The molecule has 9 heteroatoms. The van der Waals surface area contributed by atoms with Crippen molar-refractivity contribution in [1.82, 2.24) is 29.4 Å². The maximum atomic E-state index is 6.18. The van der Waals surface area contributed by atoms with Crippen LogP contribution in [0.25, 0.3) is 27.6 Å². The molecule has 0 spiro atoms. The van der Waals surface area contributed by atoms with Crippen molar-refractivity contribution in [3.63, 3.8) is 0 Å². The summed E-state index contributed by atoms with van der Waals surface area (Å²) in [6.45, 7) is 5.28. The van der Waals surface area contributed by atoms with Crippen molar-refractivity contribution in [3.8, 4) is 11.4 Å². The molecule has 2 aromatic carbocycles. The van der Waals surface area contributed by atoms with Crippen molar-refractivity contribution >= 4 is 33.4 Å². The first-order valence-electron chi connectivity index (χ1n) is 14.6. The predicted molar refractivity (Wildman–Crippen MR) is 173 cm³/mol. The molecule has 0 bridgehead atoms. The molecule has 0 atom stereocenters. The molecule has 43 heavy (non-hydrogen) atoms. The van der Waals surface area contributed by atoms with Gasteiger partial charge in [-0.05, 0) is 69.3 Å². The van der Waals surface area contributed by atoms with Crippen molar-refractivity contribution in [1.29, 1.82) is 0 Å². The Morgan fingerprint density at radius 2 is 1.81 bits per heavy atom. The number of aromatic nitrogens is 5. The fourth-order valence-electron chi connectivity index (χ4n) is 5.30. The first-order valence-corrected chi connectivity index (χ1v) is 14.6. The Labute approximate surface area is 251 Å². The van der Waals surface area contributed by atoms with Crippen molar-refractivity contribution in [2.45, 2.75) is 26.4 Å². The number of nitrogens with two attached hydrogens (primary N) is 1. The summed E-state index contributed by atoms with van der Waals surface area (Å²) in [6, 6.07) is 22.8. The lowest BCUT2D eigenvalue weighted by atomic mass is 10.1. The number of nitrogen functional groups attached to an aromatic ring is 1. The number of nitrogens with one attached hydrogen (secondary N) is 1. The number of hydrogen-bond donors (Lipinski definition) is 2. The van der Waals surface area contributed by atoms with E-state index in [0.717, 1.165) is 82.8 Å². The molecule has 9 nitrogen and oxygen atoms in total. The summed E-state index contributed by atoms with van der Waals surface area (Å²) in [6.07, 6.45) is 9.24. The van der Waals surface area contributed by atoms with Crippen molar-refractivity contribution in [3.05, 3.63) is 108 Å². The van der Waals surface area contributed by atoms with Crippen LogP contribution >= 0.6 is 0 Å². The summed E-state index contributed by atoms with van der Waals surface area (Å²) in [4.78, 5) is 20.1. The van der Waals surface area contributed by atoms with E-state index >= 15 is 0 Å². The number of fused-ring (bicyclic) bond motifs is 2. The van der Waals surface area contributed by atoms with Gasteiger partial charge in [0.1, 0.15) is 30.1 Å². The first kappa shape index (κ1) is 28.1. The summed E-state index contributed by atoms with van der Waals surface area (Å²) in [5.41, 5.74) is 12.9. The zero-order valence-electron chi connectivity index (χ0n) is 24.6. The van der Waals surface area contributed by atoms with Gasteiger partial charge in [0.15, 0.2) is 0 Å². The molecule has 6 aromatic rings. The van der Waals surface area contributed by atoms with Gasteiger partial charge >= 0.3 is 0 Å². The van der Waals surface area contributed by atoms with Crippen LogP contribution in [0.2, 0.25) is 0 Å². The minimum atomic E-state index is 0.371. The van der Waals surface area contributed by atoms with Crippen molar-refractivity contribution in [2.75, 3.05) is 37.7 Å². The van der Waals surface area contributed by atoms with Gasteiger partial charge in [0, 0.05) is 53.9 Å². The van der Waals surface area contributed by atoms with E-state index in [9.17, 15) is 0 Å². The SMILES string of the molecule is Cc1cc(NCCN(C)CCCc2ccccc2)c2ccc(OCc3cncc(-n4ccc5c(N)ncnc54)c3)cc2n1. The van der Waals surface area contributed by atoms with Crippen molar-refractivity contribution in [2.24, 2.45) is 0 Å². The van der Waals surface area contributed by atoms with E-state index in [1.807, 2.05) is 48.1 Å². The Kier molecular flexibility index (Phi) is 8.42.